The van der Waals surface area contributed by atoms with Gasteiger partial charge in [0.15, 0.2) is 0 Å². The lowest BCUT2D eigenvalue weighted by Gasteiger charge is -2.11. The van der Waals surface area contributed by atoms with Gasteiger partial charge in [-0.05, 0) is 44.3 Å². The van der Waals surface area contributed by atoms with Crippen LogP contribution in [-0.4, -0.2) is 4.92 Å². The van der Waals surface area contributed by atoms with E-state index >= 15 is 0 Å². The molecule has 0 aromatic heterocycles. The van der Waals surface area contributed by atoms with Gasteiger partial charge in [-0.3, -0.25) is 10.1 Å². The molecule has 0 amide bonds. The molecule has 5 aromatic rings. The Morgan fingerprint density at radius 2 is 1.10 bits per heavy atom. The summed E-state index contributed by atoms with van der Waals surface area (Å²) in [5, 5.41) is 16.3. The Kier molecular flexibility index (Phi) is 4.07. The Bertz CT molecular complexity index is 1380. The summed E-state index contributed by atoms with van der Waals surface area (Å²) >= 11 is 0. The molecule has 0 N–H and O–H groups in total. The molecule has 0 unspecified atom stereocenters. The summed E-state index contributed by atoms with van der Waals surface area (Å²) in [7, 11) is 0. The maximum Gasteiger partial charge on any atom is 0.277 e. The number of hydrogen-bond acceptors (Lipinski definition) is 2. The zero-order chi connectivity index (χ0) is 19.8. The number of rotatable bonds is 3. The SMILES string of the molecule is O=[N+]([O-])c1cc(-c2cccc3ccccc23)ccc1-c1cccc2ccccc12. The third-order valence-electron chi connectivity index (χ3n) is 5.37. The predicted octanol–water partition coefficient (Wildman–Crippen LogP) is 7.24. The van der Waals surface area contributed by atoms with Crippen LogP contribution in [0.15, 0.2) is 103 Å². The minimum absolute atomic E-state index is 0.117. The molecule has 5 aromatic carbocycles. The van der Waals surface area contributed by atoms with E-state index in [0.717, 1.165) is 38.2 Å². The van der Waals surface area contributed by atoms with Crippen molar-refractivity contribution < 1.29 is 4.92 Å². The fourth-order valence-electron chi connectivity index (χ4n) is 4.02. The predicted molar refractivity (Wildman–Crippen MR) is 119 cm³/mol. The monoisotopic (exact) mass is 375 g/mol. The average molecular weight is 375 g/mol. The van der Waals surface area contributed by atoms with Crippen LogP contribution in [-0.2, 0) is 0 Å². The van der Waals surface area contributed by atoms with Crippen LogP contribution in [0.4, 0.5) is 5.69 Å². The molecule has 0 radical (unpaired) electrons. The van der Waals surface area contributed by atoms with Gasteiger partial charge in [0.05, 0.1) is 10.5 Å². The topological polar surface area (TPSA) is 43.1 Å². The van der Waals surface area contributed by atoms with Crippen molar-refractivity contribution >= 4 is 27.2 Å². The van der Waals surface area contributed by atoms with E-state index in [4.69, 9.17) is 0 Å². The molecular weight excluding hydrogens is 358 g/mol. The lowest BCUT2D eigenvalue weighted by molar-refractivity contribution is -0.384. The maximum atomic E-state index is 12.0. The molecule has 0 spiro atoms. The van der Waals surface area contributed by atoms with E-state index in [2.05, 4.69) is 18.2 Å². The second-order valence-electron chi connectivity index (χ2n) is 7.04. The molecule has 0 fully saturated rings. The van der Waals surface area contributed by atoms with Gasteiger partial charge in [0.25, 0.3) is 5.69 Å². The summed E-state index contributed by atoms with van der Waals surface area (Å²) in [4.78, 5) is 11.7. The van der Waals surface area contributed by atoms with Gasteiger partial charge in [-0.25, -0.2) is 0 Å². The summed E-state index contributed by atoms with van der Waals surface area (Å²) in [6.45, 7) is 0. The first kappa shape index (κ1) is 17.1. The average Bonchev–Trinajstić information content (AvgIpc) is 2.78. The normalized spacial score (nSPS) is 11.0. The quantitative estimate of drug-likeness (QED) is 0.246. The van der Waals surface area contributed by atoms with Gasteiger partial charge in [0.2, 0.25) is 0 Å². The number of nitro groups is 1. The Morgan fingerprint density at radius 1 is 0.552 bits per heavy atom. The highest BCUT2D eigenvalue weighted by molar-refractivity contribution is 6.01. The van der Waals surface area contributed by atoms with E-state index in [1.54, 1.807) is 6.07 Å². The van der Waals surface area contributed by atoms with Gasteiger partial charge < -0.3 is 0 Å². The third kappa shape index (κ3) is 2.93. The molecule has 5 rings (SSSR count). The van der Waals surface area contributed by atoms with Crippen molar-refractivity contribution in [2.24, 2.45) is 0 Å². The number of benzene rings is 5. The largest absolute Gasteiger partial charge is 0.277 e. The minimum Gasteiger partial charge on any atom is -0.258 e. The third-order valence-corrected chi connectivity index (χ3v) is 5.37. The minimum atomic E-state index is -0.286. The molecule has 0 bridgehead atoms. The summed E-state index contributed by atoms with van der Waals surface area (Å²) in [5.74, 6) is 0. The standard InChI is InChI=1S/C26H17NO2/c28-27(29)26-17-20(23-13-5-9-18-7-1-3-11-21(18)23)15-16-25(26)24-14-6-10-19-8-2-4-12-22(19)24/h1-17H. The van der Waals surface area contributed by atoms with E-state index in [0.29, 0.717) is 5.56 Å². The van der Waals surface area contributed by atoms with Crippen LogP contribution >= 0.6 is 0 Å². The van der Waals surface area contributed by atoms with E-state index in [9.17, 15) is 10.1 Å². The van der Waals surface area contributed by atoms with Gasteiger partial charge in [-0.2, -0.15) is 0 Å². The molecule has 3 heteroatoms. The number of nitro benzene ring substituents is 1. The highest BCUT2D eigenvalue weighted by atomic mass is 16.6. The summed E-state index contributed by atoms with van der Waals surface area (Å²) in [6, 6.07) is 33.6. The van der Waals surface area contributed by atoms with Crippen molar-refractivity contribution in [2.75, 3.05) is 0 Å². The van der Waals surface area contributed by atoms with Crippen LogP contribution in [0.25, 0.3) is 43.8 Å². The molecule has 0 aliphatic heterocycles. The lowest BCUT2D eigenvalue weighted by Crippen LogP contribution is -1.94. The van der Waals surface area contributed by atoms with Crippen molar-refractivity contribution in [1.82, 2.24) is 0 Å². The molecule has 0 saturated heterocycles. The first-order chi connectivity index (χ1) is 14.2. The van der Waals surface area contributed by atoms with Crippen LogP contribution in [0, 0.1) is 10.1 Å². The first-order valence-electron chi connectivity index (χ1n) is 9.47. The van der Waals surface area contributed by atoms with Crippen LogP contribution in [0.2, 0.25) is 0 Å². The van der Waals surface area contributed by atoms with Gasteiger partial charge in [0, 0.05) is 6.07 Å². The zero-order valence-electron chi connectivity index (χ0n) is 15.6. The Morgan fingerprint density at radius 3 is 1.76 bits per heavy atom. The van der Waals surface area contributed by atoms with Crippen LogP contribution in [0.1, 0.15) is 0 Å². The van der Waals surface area contributed by atoms with Crippen molar-refractivity contribution in [1.29, 1.82) is 0 Å². The molecule has 0 saturated carbocycles. The molecule has 3 nitrogen and oxygen atoms in total. The Hall–Kier alpha value is -3.98. The molecular formula is C26H17NO2. The summed E-state index contributed by atoms with van der Waals surface area (Å²) in [5.41, 5.74) is 3.47. The van der Waals surface area contributed by atoms with Gasteiger partial charge in [-0.1, -0.05) is 91.0 Å². The fourth-order valence-corrected chi connectivity index (χ4v) is 4.02. The first-order valence-corrected chi connectivity index (χ1v) is 9.47. The molecule has 138 valence electrons. The zero-order valence-corrected chi connectivity index (χ0v) is 15.6. The smallest absolute Gasteiger partial charge is 0.258 e. The Labute approximate surface area is 168 Å². The highest BCUT2D eigenvalue weighted by Gasteiger charge is 2.19. The van der Waals surface area contributed by atoms with Crippen LogP contribution < -0.4 is 0 Å². The Balaban J connectivity index is 1.75. The number of nitrogens with zero attached hydrogens (tertiary/aromatic N) is 1. The summed E-state index contributed by atoms with van der Waals surface area (Å²) in [6.07, 6.45) is 0. The van der Waals surface area contributed by atoms with E-state index in [1.165, 1.54) is 0 Å². The van der Waals surface area contributed by atoms with E-state index in [-0.39, 0.29) is 10.6 Å². The van der Waals surface area contributed by atoms with E-state index in [1.807, 2.05) is 78.9 Å². The number of fused-ring (bicyclic) bond motifs is 2. The van der Waals surface area contributed by atoms with Crippen molar-refractivity contribution in [3.63, 3.8) is 0 Å². The fraction of sp³-hybridized carbons (Fsp3) is 0. The molecule has 0 aliphatic rings. The molecule has 0 aliphatic carbocycles. The maximum absolute atomic E-state index is 12.0. The molecule has 29 heavy (non-hydrogen) atoms. The van der Waals surface area contributed by atoms with Gasteiger partial charge in [0.1, 0.15) is 0 Å². The second-order valence-corrected chi connectivity index (χ2v) is 7.04. The second kappa shape index (κ2) is 6.88. The van der Waals surface area contributed by atoms with Crippen LogP contribution in [0.5, 0.6) is 0 Å². The van der Waals surface area contributed by atoms with Crippen LogP contribution in [0.3, 0.4) is 0 Å². The van der Waals surface area contributed by atoms with Crippen molar-refractivity contribution in [2.45, 2.75) is 0 Å². The van der Waals surface area contributed by atoms with Gasteiger partial charge >= 0.3 is 0 Å². The molecule has 0 heterocycles. The van der Waals surface area contributed by atoms with Crippen molar-refractivity contribution in [3.8, 4) is 22.3 Å². The lowest BCUT2D eigenvalue weighted by atomic mass is 9.93. The highest BCUT2D eigenvalue weighted by Crippen LogP contribution is 2.38. The molecule has 0 atom stereocenters. The number of hydrogen-bond donors (Lipinski definition) is 0. The van der Waals surface area contributed by atoms with E-state index < -0.39 is 0 Å². The van der Waals surface area contributed by atoms with Crippen molar-refractivity contribution in [3.05, 3.63) is 113 Å². The summed E-state index contributed by atoms with van der Waals surface area (Å²) < 4.78 is 0. The van der Waals surface area contributed by atoms with Gasteiger partial charge in [-0.15, -0.1) is 0 Å².